The molecule has 0 amide bonds. The Morgan fingerprint density at radius 2 is 1.88 bits per heavy atom. The van der Waals surface area contributed by atoms with Gasteiger partial charge in [0, 0.05) is 48.5 Å². The zero-order chi connectivity index (χ0) is 17.9. The fourth-order valence-corrected chi connectivity index (χ4v) is 4.96. The molecule has 3 aliphatic heterocycles. The van der Waals surface area contributed by atoms with Crippen LogP contribution in [-0.2, 0) is 12.0 Å². The van der Waals surface area contributed by atoms with E-state index in [2.05, 4.69) is 59.7 Å². The molecule has 2 N–H and O–H groups in total. The molecule has 3 heterocycles. The van der Waals surface area contributed by atoms with Gasteiger partial charge in [0.15, 0.2) is 0 Å². The van der Waals surface area contributed by atoms with Gasteiger partial charge in [-0.2, -0.15) is 0 Å². The van der Waals surface area contributed by atoms with Gasteiger partial charge in [-0.25, -0.2) is 0 Å². The van der Waals surface area contributed by atoms with Crippen molar-refractivity contribution in [3.05, 3.63) is 53.1 Å². The second-order valence-electron chi connectivity index (χ2n) is 8.47. The van der Waals surface area contributed by atoms with Gasteiger partial charge in [0.2, 0.25) is 0 Å². The van der Waals surface area contributed by atoms with E-state index in [0.29, 0.717) is 12.1 Å². The molecular formula is C22H27N3O. The summed E-state index contributed by atoms with van der Waals surface area (Å²) in [4.78, 5) is 2.64. The molecule has 2 aromatic rings. The molecule has 2 atom stereocenters. The Hall–Kier alpha value is -2.04. The highest BCUT2D eigenvalue weighted by Crippen LogP contribution is 2.46. The highest BCUT2D eigenvalue weighted by molar-refractivity contribution is 5.76. The molecule has 0 radical (unpaired) electrons. The van der Waals surface area contributed by atoms with Gasteiger partial charge in [0.1, 0.15) is 5.75 Å². The summed E-state index contributed by atoms with van der Waals surface area (Å²) in [5.74, 6) is 0.916. The van der Waals surface area contributed by atoms with Gasteiger partial charge >= 0.3 is 0 Å². The molecule has 0 saturated carbocycles. The zero-order valence-electron chi connectivity index (χ0n) is 15.8. The second kappa shape index (κ2) is 5.73. The van der Waals surface area contributed by atoms with Crippen molar-refractivity contribution in [2.45, 2.75) is 44.3 Å². The standard InChI is InChI=1S/C22H27N3O/c1-22(2)18-8-14(12-25-13-15-9-16(25)11-23-15)4-6-20(18)24-21-7-5-17(26-3)10-19(21)22/h4-8,10,15-16,23-24H,9,11-13H2,1-3H3. The molecular weight excluding hydrogens is 322 g/mol. The lowest BCUT2D eigenvalue weighted by molar-refractivity contribution is 0.217. The number of anilines is 2. The number of rotatable bonds is 3. The third kappa shape index (κ3) is 2.43. The zero-order valence-corrected chi connectivity index (χ0v) is 15.8. The van der Waals surface area contributed by atoms with Crippen LogP contribution in [0.2, 0.25) is 0 Å². The summed E-state index contributed by atoms with van der Waals surface area (Å²) in [7, 11) is 1.73. The van der Waals surface area contributed by atoms with E-state index < -0.39 is 0 Å². The van der Waals surface area contributed by atoms with Gasteiger partial charge in [-0.1, -0.05) is 26.0 Å². The number of nitrogens with one attached hydrogen (secondary N) is 2. The van der Waals surface area contributed by atoms with Crippen LogP contribution in [0.5, 0.6) is 5.75 Å². The highest BCUT2D eigenvalue weighted by Gasteiger charge is 2.38. The van der Waals surface area contributed by atoms with Crippen molar-refractivity contribution in [1.29, 1.82) is 0 Å². The van der Waals surface area contributed by atoms with Crippen LogP contribution >= 0.6 is 0 Å². The number of benzene rings is 2. The molecule has 2 aromatic carbocycles. The predicted molar refractivity (Wildman–Crippen MR) is 105 cm³/mol. The lowest BCUT2D eigenvalue weighted by Crippen LogP contribution is -2.43. The predicted octanol–water partition coefficient (Wildman–Crippen LogP) is 3.62. The first-order valence-corrected chi connectivity index (χ1v) is 9.61. The Bertz CT molecular complexity index is 860. The SMILES string of the molecule is COc1ccc2c(c1)C(C)(C)c1cc(CN3CC4CC3CN4)ccc1N2. The number of ether oxygens (including phenoxy) is 1. The summed E-state index contributed by atoms with van der Waals surface area (Å²) in [5.41, 5.74) is 6.44. The van der Waals surface area contributed by atoms with Gasteiger partial charge in [0.05, 0.1) is 7.11 Å². The van der Waals surface area contributed by atoms with Crippen molar-refractivity contribution in [3.8, 4) is 5.75 Å². The molecule has 2 bridgehead atoms. The van der Waals surface area contributed by atoms with Crippen molar-refractivity contribution >= 4 is 11.4 Å². The van der Waals surface area contributed by atoms with Crippen LogP contribution < -0.4 is 15.4 Å². The number of hydrogen-bond donors (Lipinski definition) is 2. The maximum Gasteiger partial charge on any atom is 0.119 e. The molecule has 136 valence electrons. The topological polar surface area (TPSA) is 36.5 Å². The molecule has 2 fully saturated rings. The molecule has 26 heavy (non-hydrogen) atoms. The molecule has 4 nitrogen and oxygen atoms in total. The number of likely N-dealkylation sites (tertiary alicyclic amines) is 1. The molecule has 0 spiro atoms. The van der Waals surface area contributed by atoms with E-state index in [0.717, 1.165) is 18.8 Å². The second-order valence-corrected chi connectivity index (χ2v) is 8.47. The van der Waals surface area contributed by atoms with Gasteiger partial charge in [-0.3, -0.25) is 4.90 Å². The fourth-order valence-electron chi connectivity index (χ4n) is 4.96. The minimum Gasteiger partial charge on any atom is -0.497 e. The third-order valence-corrected chi connectivity index (χ3v) is 6.48. The number of methoxy groups -OCH3 is 1. The summed E-state index contributed by atoms with van der Waals surface area (Å²) < 4.78 is 5.46. The number of nitrogens with zero attached hydrogens (tertiary/aromatic N) is 1. The molecule has 4 heteroatoms. The van der Waals surface area contributed by atoms with E-state index in [4.69, 9.17) is 4.74 Å². The fraction of sp³-hybridized carbons (Fsp3) is 0.455. The van der Waals surface area contributed by atoms with E-state index in [1.807, 2.05) is 6.07 Å². The van der Waals surface area contributed by atoms with Crippen LogP contribution in [0.4, 0.5) is 11.4 Å². The lowest BCUT2D eigenvalue weighted by atomic mass is 9.74. The molecule has 2 unspecified atom stereocenters. The quantitative estimate of drug-likeness (QED) is 0.887. The van der Waals surface area contributed by atoms with Crippen molar-refractivity contribution in [2.75, 3.05) is 25.5 Å². The Labute approximate surface area is 155 Å². The maximum atomic E-state index is 5.46. The maximum absolute atomic E-state index is 5.46. The Balaban J connectivity index is 1.48. The first kappa shape index (κ1) is 16.2. The summed E-state index contributed by atoms with van der Waals surface area (Å²) in [6.45, 7) is 8.02. The van der Waals surface area contributed by atoms with E-state index in [-0.39, 0.29) is 5.41 Å². The third-order valence-electron chi connectivity index (χ3n) is 6.48. The average molecular weight is 349 g/mol. The van der Waals surface area contributed by atoms with Crippen LogP contribution in [0.15, 0.2) is 36.4 Å². The molecule has 5 rings (SSSR count). The summed E-state index contributed by atoms with van der Waals surface area (Å²) in [6.07, 6.45) is 1.31. The summed E-state index contributed by atoms with van der Waals surface area (Å²) >= 11 is 0. The molecule has 3 aliphatic rings. The van der Waals surface area contributed by atoms with Crippen LogP contribution in [0.3, 0.4) is 0 Å². The first-order chi connectivity index (χ1) is 12.5. The van der Waals surface area contributed by atoms with E-state index >= 15 is 0 Å². The molecule has 0 aromatic heterocycles. The normalized spacial score (nSPS) is 25.5. The van der Waals surface area contributed by atoms with Crippen molar-refractivity contribution in [1.82, 2.24) is 10.2 Å². The van der Waals surface area contributed by atoms with E-state index in [1.165, 1.54) is 41.0 Å². The molecule has 2 saturated heterocycles. The minimum atomic E-state index is -0.0496. The van der Waals surface area contributed by atoms with Crippen molar-refractivity contribution in [2.24, 2.45) is 0 Å². The van der Waals surface area contributed by atoms with Gasteiger partial charge in [-0.05, 0) is 47.4 Å². The smallest absolute Gasteiger partial charge is 0.119 e. The van der Waals surface area contributed by atoms with Crippen molar-refractivity contribution in [3.63, 3.8) is 0 Å². The van der Waals surface area contributed by atoms with Crippen LogP contribution in [0, 0.1) is 0 Å². The minimum absolute atomic E-state index is 0.0496. The lowest BCUT2D eigenvalue weighted by Gasteiger charge is -2.36. The monoisotopic (exact) mass is 349 g/mol. The van der Waals surface area contributed by atoms with Crippen LogP contribution in [-0.4, -0.2) is 37.2 Å². The Morgan fingerprint density at radius 1 is 1.12 bits per heavy atom. The van der Waals surface area contributed by atoms with Crippen LogP contribution in [0.1, 0.15) is 37.0 Å². The summed E-state index contributed by atoms with van der Waals surface area (Å²) in [5, 5.41) is 7.21. The van der Waals surface area contributed by atoms with E-state index in [1.54, 1.807) is 7.11 Å². The van der Waals surface area contributed by atoms with Gasteiger partial charge in [-0.15, -0.1) is 0 Å². The van der Waals surface area contributed by atoms with Crippen LogP contribution in [0.25, 0.3) is 0 Å². The first-order valence-electron chi connectivity index (χ1n) is 9.61. The molecule has 0 aliphatic carbocycles. The van der Waals surface area contributed by atoms with Gasteiger partial charge in [0.25, 0.3) is 0 Å². The summed E-state index contributed by atoms with van der Waals surface area (Å²) in [6, 6.07) is 14.7. The highest BCUT2D eigenvalue weighted by atomic mass is 16.5. The van der Waals surface area contributed by atoms with E-state index in [9.17, 15) is 0 Å². The Morgan fingerprint density at radius 3 is 2.58 bits per heavy atom. The van der Waals surface area contributed by atoms with Gasteiger partial charge < -0.3 is 15.4 Å². The largest absolute Gasteiger partial charge is 0.497 e. The Kier molecular flexibility index (Phi) is 3.56. The van der Waals surface area contributed by atoms with Crippen molar-refractivity contribution < 1.29 is 4.74 Å². The average Bonchev–Trinajstić information content (AvgIpc) is 3.25. The number of fused-ring (bicyclic) bond motifs is 4. The number of hydrogen-bond acceptors (Lipinski definition) is 4. The number of piperazine rings is 1.